The van der Waals surface area contributed by atoms with Crippen molar-refractivity contribution in [1.29, 1.82) is 0 Å². The summed E-state index contributed by atoms with van der Waals surface area (Å²) in [6.07, 6.45) is 12.8. The van der Waals surface area contributed by atoms with E-state index in [1.807, 2.05) is 39.8 Å². The van der Waals surface area contributed by atoms with Gasteiger partial charge in [0.05, 0.1) is 13.2 Å². The molecule has 0 saturated carbocycles. The fourth-order valence-corrected chi connectivity index (χ4v) is 4.67. The highest BCUT2D eigenvalue weighted by Crippen LogP contribution is 2.35. The predicted molar refractivity (Wildman–Crippen MR) is 165 cm³/mol. The molecule has 0 heterocycles. The molecule has 0 aromatic heterocycles. The quantitative estimate of drug-likeness (QED) is 0.111. The zero-order valence-corrected chi connectivity index (χ0v) is 24.8. The summed E-state index contributed by atoms with van der Waals surface area (Å²) >= 11 is 0. The summed E-state index contributed by atoms with van der Waals surface area (Å²) in [7, 11) is 1.44. The van der Waals surface area contributed by atoms with Crippen LogP contribution in [0.25, 0.3) is 12.2 Å². The van der Waals surface area contributed by atoms with E-state index in [0.717, 1.165) is 17.2 Å². The van der Waals surface area contributed by atoms with Crippen molar-refractivity contribution in [3.8, 4) is 17.2 Å². The molecule has 0 saturated heterocycles. The summed E-state index contributed by atoms with van der Waals surface area (Å²) in [6, 6.07) is 11.9. The first-order chi connectivity index (χ1) is 19.9. The Kier molecular flexibility index (Phi) is 11.1. The lowest BCUT2D eigenvalue weighted by Crippen LogP contribution is -2.47. The van der Waals surface area contributed by atoms with Crippen LogP contribution in [-0.4, -0.2) is 45.7 Å². The van der Waals surface area contributed by atoms with Crippen molar-refractivity contribution in [3.63, 3.8) is 0 Å². The molecule has 0 aliphatic heterocycles. The highest BCUT2D eigenvalue weighted by atomic mass is 16.5. The maximum Gasteiger partial charge on any atom is 0.182 e. The second-order valence-electron chi connectivity index (χ2n) is 11.1. The molecule has 0 bridgehead atoms. The van der Waals surface area contributed by atoms with Gasteiger partial charge in [-0.3, -0.25) is 9.59 Å². The summed E-state index contributed by atoms with van der Waals surface area (Å²) < 4.78 is 11.2. The summed E-state index contributed by atoms with van der Waals surface area (Å²) in [4.78, 5) is 24.5. The van der Waals surface area contributed by atoms with Crippen LogP contribution in [0, 0.1) is 11.8 Å². The number of ketones is 2. The number of benzene rings is 2. The Morgan fingerprint density at radius 2 is 1.71 bits per heavy atom. The number of hydrogen-bond acceptors (Lipinski definition) is 7. The van der Waals surface area contributed by atoms with Gasteiger partial charge >= 0.3 is 0 Å². The molecule has 2 aromatic rings. The van der Waals surface area contributed by atoms with Crippen LogP contribution in [0.3, 0.4) is 0 Å². The summed E-state index contributed by atoms with van der Waals surface area (Å²) in [5, 5.41) is 30.7. The minimum atomic E-state index is -0.908. The van der Waals surface area contributed by atoms with Gasteiger partial charge in [-0.2, -0.15) is 0 Å². The molecule has 0 unspecified atom stereocenters. The average Bonchev–Trinajstić information content (AvgIpc) is 2.93. The number of carbonyl (C=O) groups is 2. The van der Waals surface area contributed by atoms with Crippen LogP contribution in [0.4, 0.5) is 0 Å². The van der Waals surface area contributed by atoms with Crippen LogP contribution < -0.4 is 9.47 Å². The van der Waals surface area contributed by atoms with Gasteiger partial charge in [-0.15, -0.1) is 0 Å². The Morgan fingerprint density at radius 1 is 1.05 bits per heavy atom. The number of aromatic hydroxyl groups is 1. The lowest BCUT2D eigenvalue weighted by molar-refractivity contribution is -0.116. The maximum absolute atomic E-state index is 12.3. The zero-order valence-electron chi connectivity index (χ0n) is 24.8. The number of aliphatic hydroxyl groups excluding tert-OH is 2. The van der Waals surface area contributed by atoms with Crippen molar-refractivity contribution in [2.75, 3.05) is 7.11 Å². The first-order valence-electron chi connectivity index (χ1n) is 13.9. The van der Waals surface area contributed by atoms with Crippen LogP contribution in [0.2, 0.25) is 0 Å². The zero-order chi connectivity index (χ0) is 30.9. The normalized spacial score (nSPS) is 21.3. The summed E-state index contributed by atoms with van der Waals surface area (Å²) in [5.41, 5.74) is 1.51. The number of phenolic OH excluding ortho intramolecular Hbond substituents is 1. The molecular formula is C35H40O7. The molecule has 1 aliphatic carbocycles. The highest BCUT2D eigenvalue weighted by molar-refractivity contribution is 6.02. The third-order valence-electron chi connectivity index (χ3n) is 7.13. The van der Waals surface area contributed by atoms with Crippen molar-refractivity contribution >= 4 is 23.7 Å². The van der Waals surface area contributed by atoms with E-state index < -0.39 is 17.5 Å². The smallest absolute Gasteiger partial charge is 0.182 e. The second kappa shape index (κ2) is 14.5. The van der Waals surface area contributed by atoms with E-state index in [9.17, 15) is 24.9 Å². The van der Waals surface area contributed by atoms with Crippen molar-refractivity contribution < 1.29 is 34.4 Å². The molecule has 2 aromatic carbocycles. The molecule has 7 heteroatoms. The van der Waals surface area contributed by atoms with Crippen LogP contribution >= 0.6 is 0 Å². The van der Waals surface area contributed by atoms with E-state index in [0.29, 0.717) is 29.9 Å². The largest absolute Gasteiger partial charge is 0.508 e. The molecule has 0 amide bonds. The monoisotopic (exact) mass is 572 g/mol. The minimum Gasteiger partial charge on any atom is -0.508 e. The number of aliphatic hydroxyl groups is 2. The van der Waals surface area contributed by atoms with Gasteiger partial charge in [-0.25, -0.2) is 0 Å². The molecule has 222 valence electrons. The van der Waals surface area contributed by atoms with Crippen molar-refractivity contribution in [2.24, 2.45) is 11.8 Å². The number of phenols is 1. The molecule has 1 aliphatic rings. The van der Waals surface area contributed by atoms with Gasteiger partial charge in [0.15, 0.2) is 23.1 Å². The van der Waals surface area contributed by atoms with Gasteiger partial charge in [0, 0.05) is 12.5 Å². The van der Waals surface area contributed by atoms with Crippen molar-refractivity contribution in [3.05, 3.63) is 101 Å². The number of rotatable bonds is 12. The van der Waals surface area contributed by atoms with E-state index in [-0.39, 0.29) is 29.1 Å². The standard InChI is InChI=1S/C35H40O7/c1-23(2)18-30(38)19-24(3)27-16-17-35(4,34(40)21-27)42-31-13-8-25(9-14-31)6-11-28(36)22-29(37)12-7-26-10-15-32(39)33(20-26)41-5/h6-18,20,22,24,27,34,37,39-40H,19,21H2,1-5H3/b11-6+,12-7+,29-22-/t24-,27+,34-,35+/m0/s1. The first kappa shape index (κ1) is 32.2. The molecule has 7 nitrogen and oxygen atoms in total. The Bertz CT molecular complexity index is 1410. The summed E-state index contributed by atoms with van der Waals surface area (Å²) in [6.45, 7) is 7.67. The Hall–Kier alpha value is -4.36. The Balaban J connectivity index is 1.57. The number of carbonyl (C=O) groups excluding carboxylic acids is 2. The van der Waals surface area contributed by atoms with Gasteiger partial charge in [-0.1, -0.05) is 48.9 Å². The topological polar surface area (TPSA) is 113 Å². The third kappa shape index (κ3) is 9.35. The van der Waals surface area contributed by atoms with Crippen molar-refractivity contribution in [1.82, 2.24) is 0 Å². The molecule has 42 heavy (non-hydrogen) atoms. The molecule has 0 spiro atoms. The Morgan fingerprint density at radius 3 is 2.36 bits per heavy atom. The predicted octanol–water partition coefficient (Wildman–Crippen LogP) is 6.77. The molecule has 0 radical (unpaired) electrons. The number of methoxy groups -OCH3 is 1. The summed E-state index contributed by atoms with van der Waals surface area (Å²) in [5.74, 6) is 0.561. The first-order valence-corrected chi connectivity index (χ1v) is 13.9. The van der Waals surface area contributed by atoms with Crippen LogP contribution in [-0.2, 0) is 9.59 Å². The number of hydrogen-bond donors (Lipinski definition) is 3. The van der Waals surface area contributed by atoms with Gasteiger partial charge in [0.25, 0.3) is 0 Å². The van der Waals surface area contributed by atoms with Crippen LogP contribution in [0.15, 0.2) is 90.3 Å². The molecule has 0 fully saturated rings. The fraction of sp³-hybridized carbons (Fsp3) is 0.314. The van der Waals surface area contributed by atoms with E-state index in [2.05, 4.69) is 0 Å². The lowest BCUT2D eigenvalue weighted by Gasteiger charge is -2.39. The molecular weight excluding hydrogens is 532 g/mol. The fourth-order valence-electron chi connectivity index (χ4n) is 4.67. The molecule has 3 N–H and O–H groups in total. The number of ether oxygens (including phenoxy) is 2. The van der Waals surface area contributed by atoms with E-state index >= 15 is 0 Å². The van der Waals surface area contributed by atoms with Gasteiger partial charge in [0.1, 0.15) is 17.1 Å². The van der Waals surface area contributed by atoms with Crippen molar-refractivity contribution in [2.45, 2.75) is 52.2 Å². The van der Waals surface area contributed by atoms with E-state index in [4.69, 9.17) is 9.47 Å². The maximum atomic E-state index is 12.3. The van der Waals surface area contributed by atoms with Gasteiger partial charge in [0.2, 0.25) is 0 Å². The lowest BCUT2D eigenvalue weighted by atomic mass is 9.76. The SMILES string of the molecule is COc1cc(/C=C/C(O)=C/C(=O)/C=C/c2ccc(O[C@]3(C)C=C[C@@H]([C@@H](C)CC(=O)C=C(C)C)C[C@@H]3O)cc2)ccc1O. The van der Waals surface area contributed by atoms with Gasteiger partial charge < -0.3 is 24.8 Å². The third-order valence-corrected chi connectivity index (χ3v) is 7.13. The highest BCUT2D eigenvalue weighted by Gasteiger charge is 2.39. The average molecular weight is 573 g/mol. The molecule has 4 atom stereocenters. The Labute approximate surface area is 247 Å². The van der Waals surface area contributed by atoms with E-state index in [1.54, 1.807) is 54.6 Å². The second-order valence-corrected chi connectivity index (χ2v) is 11.1. The molecule has 3 rings (SSSR count). The van der Waals surface area contributed by atoms with E-state index in [1.165, 1.54) is 25.3 Å². The van der Waals surface area contributed by atoms with Crippen LogP contribution in [0.5, 0.6) is 17.2 Å². The van der Waals surface area contributed by atoms with Crippen LogP contribution in [0.1, 0.15) is 51.7 Å². The van der Waals surface area contributed by atoms with Gasteiger partial charge in [-0.05, 0) is 98.7 Å². The number of allylic oxidation sites excluding steroid dienone is 6. The minimum absolute atomic E-state index is 0.0103.